The molecule has 1 aromatic rings. The molecule has 1 saturated heterocycles. The molecule has 0 saturated carbocycles. The number of thioether (sulfide) groups is 1. The number of piperidine rings is 1. The van der Waals surface area contributed by atoms with Crippen molar-refractivity contribution in [3.8, 4) is 0 Å². The van der Waals surface area contributed by atoms with Gasteiger partial charge in [-0.05, 0) is 23.8 Å². The molecule has 6 heteroatoms. The molecule has 1 aromatic heterocycles. The number of fused-ring (bicyclic) bond motifs is 1. The van der Waals surface area contributed by atoms with Crippen LogP contribution in [0.15, 0.2) is 11.2 Å². The lowest BCUT2D eigenvalue weighted by Gasteiger charge is -2.31. The average Bonchev–Trinajstić information content (AvgIpc) is 2.90. The molecule has 3 rings (SSSR count). The quantitative estimate of drug-likeness (QED) is 0.641. The minimum absolute atomic E-state index is 0.137. The van der Waals surface area contributed by atoms with Gasteiger partial charge in [0.25, 0.3) is 5.91 Å². The van der Waals surface area contributed by atoms with E-state index < -0.39 is 0 Å². The van der Waals surface area contributed by atoms with E-state index in [0.29, 0.717) is 19.5 Å². The second-order valence-corrected chi connectivity index (χ2v) is 7.60. The molecule has 0 aromatic carbocycles. The van der Waals surface area contributed by atoms with Crippen molar-refractivity contribution in [2.24, 2.45) is 11.1 Å². The highest BCUT2D eigenvalue weighted by atomic mass is 32.2. The predicted octanol–water partition coefficient (Wildman–Crippen LogP) is 2.85. The number of nitrogens with zero attached hydrogens (tertiary/aromatic N) is 2. The summed E-state index contributed by atoms with van der Waals surface area (Å²) in [5.41, 5.74) is 2.15. The van der Waals surface area contributed by atoms with Gasteiger partial charge < -0.3 is 10.1 Å². The lowest BCUT2D eigenvalue weighted by molar-refractivity contribution is 0.0739. The molecule has 0 spiro atoms. The fraction of sp³-hybridized carbons (Fsp3) is 0.571. The molecule has 1 unspecified atom stereocenters. The third kappa shape index (κ3) is 2.59. The van der Waals surface area contributed by atoms with Gasteiger partial charge in [-0.25, -0.2) is 0 Å². The summed E-state index contributed by atoms with van der Waals surface area (Å²) in [6.07, 6.45) is 1.76. The number of hydrogen-bond donors (Lipinski definition) is 1. The number of likely N-dealkylation sites (tertiary alicyclic amines) is 1. The van der Waals surface area contributed by atoms with Crippen LogP contribution in [0.3, 0.4) is 0 Å². The van der Waals surface area contributed by atoms with E-state index in [1.807, 2.05) is 23.6 Å². The molecule has 2 aliphatic rings. The smallest absolute Gasteiger partial charge is 0.263 e. The Morgan fingerprint density at radius 3 is 3.05 bits per heavy atom. The largest absolute Gasteiger partial charge is 0.411 e. The van der Waals surface area contributed by atoms with Crippen LogP contribution < -0.4 is 0 Å². The lowest BCUT2D eigenvalue weighted by Crippen LogP contribution is -2.43. The van der Waals surface area contributed by atoms with Crippen LogP contribution in [0.5, 0.6) is 0 Å². The summed E-state index contributed by atoms with van der Waals surface area (Å²) in [6.45, 7) is 3.31. The van der Waals surface area contributed by atoms with Gasteiger partial charge in [0.2, 0.25) is 0 Å². The van der Waals surface area contributed by atoms with Crippen LogP contribution in [-0.2, 0) is 12.2 Å². The Bertz CT molecular complexity index is 530. The van der Waals surface area contributed by atoms with Gasteiger partial charge in [0, 0.05) is 36.1 Å². The lowest BCUT2D eigenvalue weighted by atomic mass is 9.97. The summed E-state index contributed by atoms with van der Waals surface area (Å²) < 4.78 is 0. The van der Waals surface area contributed by atoms with Crippen LogP contribution in [0.25, 0.3) is 0 Å². The van der Waals surface area contributed by atoms with Crippen molar-refractivity contribution in [2.75, 3.05) is 18.8 Å². The SMILES string of the molecule is CC1CN(C(=O)c2cc3c(s2)CCSC3)CCC1=NO. The molecular formula is C14H18N2O2S2. The predicted molar refractivity (Wildman–Crippen MR) is 83.1 cm³/mol. The van der Waals surface area contributed by atoms with E-state index in [9.17, 15) is 4.79 Å². The third-order valence-electron chi connectivity index (χ3n) is 3.96. The maximum atomic E-state index is 12.6. The zero-order valence-corrected chi connectivity index (χ0v) is 13.1. The minimum Gasteiger partial charge on any atom is -0.411 e. The number of carbonyl (C=O) groups is 1. The summed E-state index contributed by atoms with van der Waals surface area (Å²) >= 11 is 3.60. The molecule has 0 aliphatic carbocycles. The number of amides is 1. The van der Waals surface area contributed by atoms with Crippen LogP contribution in [0.4, 0.5) is 0 Å². The van der Waals surface area contributed by atoms with Crippen LogP contribution in [0.1, 0.15) is 33.5 Å². The number of hydrogen-bond acceptors (Lipinski definition) is 5. The number of oxime groups is 1. The van der Waals surface area contributed by atoms with Crippen molar-refractivity contribution in [3.05, 3.63) is 21.4 Å². The minimum atomic E-state index is 0.137. The normalized spacial score (nSPS) is 24.8. The van der Waals surface area contributed by atoms with E-state index in [0.717, 1.165) is 28.5 Å². The molecule has 20 heavy (non-hydrogen) atoms. The summed E-state index contributed by atoms with van der Waals surface area (Å²) in [4.78, 5) is 16.7. The van der Waals surface area contributed by atoms with Gasteiger partial charge in [-0.2, -0.15) is 11.8 Å². The first-order valence-corrected chi connectivity index (χ1v) is 8.85. The first-order valence-electron chi connectivity index (χ1n) is 6.88. The van der Waals surface area contributed by atoms with Gasteiger partial charge in [0.15, 0.2) is 0 Å². The second-order valence-electron chi connectivity index (χ2n) is 5.36. The van der Waals surface area contributed by atoms with Crippen molar-refractivity contribution in [1.82, 2.24) is 4.90 Å². The summed E-state index contributed by atoms with van der Waals surface area (Å²) in [7, 11) is 0. The molecule has 1 atom stereocenters. The Morgan fingerprint density at radius 2 is 2.35 bits per heavy atom. The Hall–Kier alpha value is -1.01. The molecule has 4 nitrogen and oxygen atoms in total. The van der Waals surface area contributed by atoms with Crippen molar-refractivity contribution in [2.45, 2.75) is 25.5 Å². The third-order valence-corrected chi connectivity index (χ3v) is 6.19. The van der Waals surface area contributed by atoms with E-state index in [-0.39, 0.29) is 11.8 Å². The number of thiophene rings is 1. The standard InChI is InChI=1S/C14H18N2O2S2/c1-9-7-16(4-2-11(9)15-18)14(17)13-6-10-8-19-5-3-12(10)20-13/h6,9,18H,2-5,7-8H2,1H3. The molecule has 1 N–H and O–H groups in total. The Kier molecular flexibility index (Phi) is 4.03. The molecule has 2 aliphatic heterocycles. The molecule has 108 valence electrons. The molecular weight excluding hydrogens is 292 g/mol. The Morgan fingerprint density at radius 1 is 1.50 bits per heavy atom. The van der Waals surface area contributed by atoms with Crippen LogP contribution in [-0.4, -0.2) is 40.6 Å². The summed E-state index contributed by atoms with van der Waals surface area (Å²) in [5, 5.41) is 12.2. The van der Waals surface area contributed by atoms with E-state index in [4.69, 9.17) is 5.21 Å². The number of carbonyl (C=O) groups excluding carboxylic acids is 1. The van der Waals surface area contributed by atoms with E-state index in [1.165, 1.54) is 10.4 Å². The molecule has 0 bridgehead atoms. The maximum Gasteiger partial charge on any atom is 0.263 e. The topological polar surface area (TPSA) is 52.9 Å². The van der Waals surface area contributed by atoms with Crippen LogP contribution in [0.2, 0.25) is 0 Å². The Labute approximate surface area is 126 Å². The van der Waals surface area contributed by atoms with Gasteiger partial charge in [-0.3, -0.25) is 4.79 Å². The van der Waals surface area contributed by atoms with Gasteiger partial charge in [-0.15, -0.1) is 11.3 Å². The zero-order valence-electron chi connectivity index (χ0n) is 11.5. The van der Waals surface area contributed by atoms with Crippen LogP contribution >= 0.6 is 23.1 Å². The maximum absolute atomic E-state index is 12.6. The highest BCUT2D eigenvalue weighted by Crippen LogP contribution is 2.32. The van der Waals surface area contributed by atoms with Gasteiger partial charge in [0.1, 0.15) is 0 Å². The number of aryl methyl sites for hydroxylation is 1. The Balaban J connectivity index is 1.74. The molecule has 0 radical (unpaired) electrons. The van der Waals surface area contributed by atoms with Crippen molar-refractivity contribution >= 4 is 34.7 Å². The molecule has 1 fully saturated rings. The van der Waals surface area contributed by atoms with E-state index >= 15 is 0 Å². The highest BCUT2D eigenvalue weighted by Gasteiger charge is 2.28. The summed E-state index contributed by atoms with van der Waals surface area (Å²) in [5.74, 6) is 2.48. The first kappa shape index (κ1) is 13.9. The fourth-order valence-electron chi connectivity index (χ4n) is 2.76. The monoisotopic (exact) mass is 310 g/mol. The first-order chi connectivity index (χ1) is 9.69. The second kappa shape index (κ2) is 5.77. The van der Waals surface area contributed by atoms with Gasteiger partial charge in [-0.1, -0.05) is 12.1 Å². The molecule has 1 amide bonds. The van der Waals surface area contributed by atoms with Gasteiger partial charge in [0.05, 0.1) is 10.6 Å². The highest BCUT2D eigenvalue weighted by molar-refractivity contribution is 7.98. The van der Waals surface area contributed by atoms with E-state index in [1.54, 1.807) is 11.3 Å². The van der Waals surface area contributed by atoms with Crippen molar-refractivity contribution in [3.63, 3.8) is 0 Å². The molecule has 3 heterocycles. The number of rotatable bonds is 1. The summed E-state index contributed by atoms with van der Waals surface area (Å²) in [6, 6.07) is 2.08. The van der Waals surface area contributed by atoms with Gasteiger partial charge >= 0.3 is 0 Å². The fourth-order valence-corrected chi connectivity index (χ4v) is 5.10. The average molecular weight is 310 g/mol. The zero-order chi connectivity index (χ0) is 14.1. The van der Waals surface area contributed by atoms with Crippen LogP contribution in [0, 0.1) is 5.92 Å². The van der Waals surface area contributed by atoms with Crippen molar-refractivity contribution < 1.29 is 10.0 Å². The van der Waals surface area contributed by atoms with E-state index in [2.05, 4.69) is 11.2 Å². The van der Waals surface area contributed by atoms with Crippen molar-refractivity contribution in [1.29, 1.82) is 0 Å².